The summed E-state index contributed by atoms with van der Waals surface area (Å²) in [6, 6.07) is 0.432. The molecule has 2 N–H and O–H groups in total. The Morgan fingerprint density at radius 3 is 2.00 bits per heavy atom. The Hall–Kier alpha value is -0.0400. The van der Waals surface area contributed by atoms with Crippen molar-refractivity contribution in [1.29, 1.82) is 0 Å². The Kier molecular flexibility index (Phi) is 2.58. The molecule has 0 bridgehead atoms. The van der Waals surface area contributed by atoms with Gasteiger partial charge in [-0.15, -0.1) is 0 Å². The van der Waals surface area contributed by atoms with E-state index in [0.29, 0.717) is 12.0 Å². The molecule has 0 radical (unpaired) electrons. The lowest BCUT2D eigenvalue weighted by Gasteiger charge is -2.40. The van der Waals surface area contributed by atoms with E-state index < -0.39 is 0 Å². The van der Waals surface area contributed by atoms with Gasteiger partial charge in [-0.05, 0) is 30.1 Å². The molecule has 0 aromatic carbocycles. The Morgan fingerprint density at radius 2 is 1.45 bits per heavy atom. The Balaban J connectivity index is 2.63. The molecule has 1 rings (SSSR count). The number of hydrogen-bond donors (Lipinski definition) is 1. The van der Waals surface area contributed by atoms with Gasteiger partial charge in [-0.1, -0.05) is 27.7 Å². The van der Waals surface area contributed by atoms with Crippen molar-refractivity contribution in [1.82, 2.24) is 0 Å². The number of nitrogens with two attached hydrogens (primary N) is 1. The molecule has 0 aromatic heterocycles. The molecule has 1 aliphatic carbocycles. The fourth-order valence-corrected chi connectivity index (χ4v) is 2.35. The van der Waals surface area contributed by atoms with Gasteiger partial charge in [-0.2, -0.15) is 0 Å². The summed E-state index contributed by atoms with van der Waals surface area (Å²) in [6.07, 6.45) is 1.31. The average Bonchev–Trinajstić information content (AvgIpc) is 1.97. The smallest absolute Gasteiger partial charge is 0.00931 e. The molecular formula is C10H21N. The average molecular weight is 155 g/mol. The highest BCUT2D eigenvalue weighted by Crippen LogP contribution is 2.36. The third-order valence-corrected chi connectivity index (χ3v) is 3.73. The van der Waals surface area contributed by atoms with Gasteiger partial charge >= 0.3 is 0 Å². The largest absolute Gasteiger partial charge is 0.327 e. The van der Waals surface area contributed by atoms with Gasteiger partial charge in [0.05, 0.1) is 0 Å². The van der Waals surface area contributed by atoms with Crippen LogP contribution >= 0.6 is 0 Å². The SMILES string of the molecule is CC1C[C@@H](C)[C@@H](N)[C@@H](C)C1C. The van der Waals surface area contributed by atoms with E-state index >= 15 is 0 Å². The lowest BCUT2D eigenvalue weighted by Crippen LogP contribution is -2.44. The second-order valence-corrected chi connectivity index (χ2v) is 4.49. The van der Waals surface area contributed by atoms with Crippen molar-refractivity contribution in [2.24, 2.45) is 29.4 Å². The lowest BCUT2D eigenvalue weighted by molar-refractivity contribution is 0.122. The van der Waals surface area contributed by atoms with Crippen LogP contribution in [0.3, 0.4) is 0 Å². The topological polar surface area (TPSA) is 26.0 Å². The van der Waals surface area contributed by atoms with E-state index in [-0.39, 0.29) is 0 Å². The van der Waals surface area contributed by atoms with Crippen molar-refractivity contribution in [3.63, 3.8) is 0 Å². The number of hydrogen-bond acceptors (Lipinski definition) is 1. The van der Waals surface area contributed by atoms with Gasteiger partial charge in [-0.25, -0.2) is 0 Å². The third kappa shape index (κ3) is 1.58. The Bertz CT molecular complexity index is 119. The van der Waals surface area contributed by atoms with Crippen LogP contribution in [0, 0.1) is 23.7 Å². The zero-order valence-corrected chi connectivity index (χ0v) is 8.17. The summed E-state index contributed by atoms with van der Waals surface area (Å²) in [5, 5.41) is 0. The van der Waals surface area contributed by atoms with Crippen LogP contribution in [0.1, 0.15) is 34.1 Å². The van der Waals surface area contributed by atoms with Crippen molar-refractivity contribution in [2.75, 3.05) is 0 Å². The first-order valence-electron chi connectivity index (χ1n) is 4.79. The second kappa shape index (κ2) is 3.14. The van der Waals surface area contributed by atoms with Crippen molar-refractivity contribution >= 4 is 0 Å². The molecule has 1 aliphatic rings. The van der Waals surface area contributed by atoms with E-state index in [9.17, 15) is 0 Å². The lowest BCUT2D eigenvalue weighted by atomic mass is 9.68. The van der Waals surface area contributed by atoms with E-state index in [1.807, 2.05) is 0 Å². The summed E-state index contributed by atoms with van der Waals surface area (Å²) in [7, 11) is 0. The Morgan fingerprint density at radius 1 is 0.909 bits per heavy atom. The van der Waals surface area contributed by atoms with Gasteiger partial charge in [0.2, 0.25) is 0 Å². The highest BCUT2D eigenvalue weighted by Gasteiger charge is 2.33. The van der Waals surface area contributed by atoms with Gasteiger partial charge in [0, 0.05) is 6.04 Å². The minimum Gasteiger partial charge on any atom is -0.327 e. The summed E-state index contributed by atoms with van der Waals surface area (Å²) < 4.78 is 0. The summed E-state index contributed by atoms with van der Waals surface area (Å²) in [6.45, 7) is 9.26. The molecule has 2 unspecified atom stereocenters. The molecule has 1 heteroatoms. The first kappa shape index (κ1) is 9.05. The summed E-state index contributed by atoms with van der Waals surface area (Å²) in [4.78, 5) is 0. The molecule has 0 heterocycles. The molecule has 1 nitrogen and oxygen atoms in total. The highest BCUT2D eigenvalue weighted by molar-refractivity contribution is 4.87. The van der Waals surface area contributed by atoms with Gasteiger partial charge in [-0.3, -0.25) is 0 Å². The van der Waals surface area contributed by atoms with Gasteiger partial charge in [0.15, 0.2) is 0 Å². The molecule has 0 amide bonds. The van der Waals surface area contributed by atoms with E-state index in [4.69, 9.17) is 5.73 Å². The minimum atomic E-state index is 0.432. The molecule has 0 saturated heterocycles. The molecule has 1 fully saturated rings. The molecular weight excluding hydrogens is 134 g/mol. The van der Waals surface area contributed by atoms with Gasteiger partial charge < -0.3 is 5.73 Å². The van der Waals surface area contributed by atoms with Crippen molar-refractivity contribution < 1.29 is 0 Å². The predicted molar refractivity (Wildman–Crippen MR) is 49.2 cm³/mol. The van der Waals surface area contributed by atoms with Crippen LogP contribution in [0.2, 0.25) is 0 Å². The highest BCUT2D eigenvalue weighted by atomic mass is 14.7. The van der Waals surface area contributed by atoms with E-state index in [0.717, 1.165) is 17.8 Å². The van der Waals surface area contributed by atoms with Crippen LogP contribution in [0.15, 0.2) is 0 Å². The Labute approximate surface area is 70.4 Å². The summed E-state index contributed by atoms with van der Waals surface area (Å²) in [5.41, 5.74) is 6.07. The molecule has 11 heavy (non-hydrogen) atoms. The van der Waals surface area contributed by atoms with Crippen LogP contribution in [0.25, 0.3) is 0 Å². The molecule has 5 atom stereocenters. The van der Waals surface area contributed by atoms with E-state index in [1.54, 1.807) is 0 Å². The molecule has 0 spiro atoms. The molecule has 1 saturated carbocycles. The van der Waals surface area contributed by atoms with E-state index in [2.05, 4.69) is 27.7 Å². The normalized spacial score (nSPS) is 52.6. The fraction of sp³-hybridized carbons (Fsp3) is 1.00. The van der Waals surface area contributed by atoms with Crippen LogP contribution in [0.5, 0.6) is 0 Å². The van der Waals surface area contributed by atoms with Crippen molar-refractivity contribution in [3.8, 4) is 0 Å². The van der Waals surface area contributed by atoms with Crippen LogP contribution in [-0.2, 0) is 0 Å². The molecule has 0 aromatic rings. The van der Waals surface area contributed by atoms with Crippen LogP contribution in [0.4, 0.5) is 0 Å². The first-order chi connectivity index (χ1) is 5.04. The summed E-state index contributed by atoms with van der Waals surface area (Å²) in [5.74, 6) is 3.09. The van der Waals surface area contributed by atoms with E-state index in [1.165, 1.54) is 6.42 Å². The van der Waals surface area contributed by atoms with Crippen LogP contribution in [-0.4, -0.2) is 6.04 Å². The maximum Gasteiger partial charge on any atom is 0.00931 e. The minimum absolute atomic E-state index is 0.432. The second-order valence-electron chi connectivity index (χ2n) is 4.49. The zero-order valence-electron chi connectivity index (χ0n) is 8.17. The quantitative estimate of drug-likeness (QED) is 0.570. The van der Waals surface area contributed by atoms with Gasteiger partial charge in [0.25, 0.3) is 0 Å². The van der Waals surface area contributed by atoms with Crippen molar-refractivity contribution in [3.05, 3.63) is 0 Å². The zero-order chi connectivity index (χ0) is 8.59. The summed E-state index contributed by atoms with van der Waals surface area (Å²) >= 11 is 0. The predicted octanol–water partition coefficient (Wildman–Crippen LogP) is 2.26. The maximum absolute atomic E-state index is 6.07. The molecule has 66 valence electrons. The van der Waals surface area contributed by atoms with Crippen LogP contribution < -0.4 is 5.73 Å². The first-order valence-corrected chi connectivity index (χ1v) is 4.79. The third-order valence-electron chi connectivity index (χ3n) is 3.73. The maximum atomic E-state index is 6.07. The number of rotatable bonds is 0. The van der Waals surface area contributed by atoms with Crippen molar-refractivity contribution in [2.45, 2.75) is 40.2 Å². The monoisotopic (exact) mass is 155 g/mol. The standard InChI is InChI=1S/C10H21N/c1-6-5-7(2)10(11)9(4)8(6)3/h6-10H,5,11H2,1-4H3/t6?,7-,8?,9+,10-/m1/s1. The van der Waals surface area contributed by atoms with Gasteiger partial charge in [0.1, 0.15) is 0 Å². The molecule has 0 aliphatic heterocycles. The fourth-order valence-electron chi connectivity index (χ4n) is 2.35.